The minimum Gasteiger partial charge on any atom is -0.248 e. The summed E-state index contributed by atoms with van der Waals surface area (Å²) in [5.41, 5.74) is 0. The summed E-state index contributed by atoms with van der Waals surface area (Å²) in [6.45, 7) is 4.77. The molecule has 1 aliphatic rings. The Morgan fingerprint density at radius 3 is 2.22 bits per heavy atom. The molecular formula is C7H14BF. The third-order valence-electron chi connectivity index (χ3n) is 2.34. The molecule has 0 spiro atoms. The van der Waals surface area contributed by atoms with Gasteiger partial charge in [-0.15, -0.1) is 0 Å². The number of halogens is 1. The van der Waals surface area contributed by atoms with Crippen LogP contribution in [0.1, 0.15) is 19.3 Å². The quantitative estimate of drug-likeness (QED) is 0.476. The van der Waals surface area contributed by atoms with Crippen molar-refractivity contribution in [3.63, 3.8) is 0 Å². The second kappa shape index (κ2) is 2.72. The van der Waals surface area contributed by atoms with Gasteiger partial charge in [-0.2, -0.15) is 0 Å². The number of hydrogen-bond donors (Lipinski definition) is 0. The SMILES string of the molecule is CB(C)C1CCCC1F. The maximum absolute atomic E-state index is 12.8. The van der Waals surface area contributed by atoms with Crippen LogP contribution in [-0.4, -0.2) is 12.9 Å². The van der Waals surface area contributed by atoms with E-state index in [2.05, 4.69) is 13.6 Å². The van der Waals surface area contributed by atoms with E-state index in [-0.39, 0.29) is 0 Å². The molecule has 2 heteroatoms. The zero-order chi connectivity index (χ0) is 6.85. The summed E-state index contributed by atoms with van der Waals surface area (Å²) in [6, 6.07) is 0. The standard InChI is InChI=1S/C7H14BF/c1-8(2)6-4-3-5-7(6)9/h6-7H,3-5H2,1-2H3. The van der Waals surface area contributed by atoms with Gasteiger partial charge in [0, 0.05) is 0 Å². The molecule has 0 heterocycles. The Balaban J connectivity index is 2.40. The third-order valence-corrected chi connectivity index (χ3v) is 2.34. The summed E-state index contributed by atoms with van der Waals surface area (Å²) < 4.78 is 12.8. The first-order chi connectivity index (χ1) is 4.22. The summed E-state index contributed by atoms with van der Waals surface area (Å²) in [6.07, 6.45) is 2.52. The molecule has 2 atom stereocenters. The molecule has 2 unspecified atom stereocenters. The maximum Gasteiger partial charge on any atom is 0.140 e. The van der Waals surface area contributed by atoms with E-state index in [1.807, 2.05) is 0 Å². The van der Waals surface area contributed by atoms with Crippen molar-refractivity contribution < 1.29 is 4.39 Å². The van der Waals surface area contributed by atoms with Crippen LogP contribution < -0.4 is 0 Å². The molecule has 1 saturated carbocycles. The molecular weight excluding hydrogens is 114 g/mol. The van der Waals surface area contributed by atoms with E-state index in [9.17, 15) is 4.39 Å². The molecule has 52 valence electrons. The van der Waals surface area contributed by atoms with Gasteiger partial charge in [0.25, 0.3) is 0 Å². The van der Waals surface area contributed by atoms with Crippen molar-refractivity contribution in [2.45, 2.75) is 44.9 Å². The summed E-state index contributed by atoms with van der Waals surface area (Å²) in [4.78, 5) is 0. The molecule has 0 nitrogen and oxygen atoms in total. The van der Waals surface area contributed by atoms with Crippen LogP contribution in [0.15, 0.2) is 0 Å². The summed E-state index contributed by atoms with van der Waals surface area (Å²) in [7, 11) is 0. The molecule has 0 aromatic heterocycles. The van der Waals surface area contributed by atoms with Gasteiger partial charge in [0.1, 0.15) is 6.71 Å². The Kier molecular flexibility index (Phi) is 2.15. The van der Waals surface area contributed by atoms with Gasteiger partial charge in [-0.25, -0.2) is 4.39 Å². The maximum atomic E-state index is 12.8. The van der Waals surface area contributed by atoms with Crippen LogP contribution in [0.3, 0.4) is 0 Å². The van der Waals surface area contributed by atoms with Crippen molar-refractivity contribution in [3.8, 4) is 0 Å². The van der Waals surface area contributed by atoms with E-state index in [0.717, 1.165) is 19.3 Å². The lowest BCUT2D eigenvalue weighted by Crippen LogP contribution is -2.16. The molecule has 0 aromatic carbocycles. The molecule has 0 aliphatic heterocycles. The van der Waals surface area contributed by atoms with Crippen LogP contribution in [0.5, 0.6) is 0 Å². The van der Waals surface area contributed by atoms with Crippen molar-refractivity contribution >= 4 is 6.71 Å². The minimum atomic E-state index is -0.495. The van der Waals surface area contributed by atoms with Gasteiger partial charge in [-0.3, -0.25) is 0 Å². The summed E-state index contributed by atoms with van der Waals surface area (Å²) in [5, 5.41) is 0. The fourth-order valence-corrected chi connectivity index (χ4v) is 1.69. The lowest BCUT2D eigenvalue weighted by atomic mass is 9.44. The molecule has 0 saturated heterocycles. The zero-order valence-corrected chi connectivity index (χ0v) is 6.23. The van der Waals surface area contributed by atoms with Gasteiger partial charge in [0.05, 0.1) is 6.17 Å². The van der Waals surface area contributed by atoms with Crippen molar-refractivity contribution in [2.24, 2.45) is 0 Å². The van der Waals surface area contributed by atoms with Gasteiger partial charge in [0.15, 0.2) is 0 Å². The average molecular weight is 128 g/mol. The van der Waals surface area contributed by atoms with E-state index >= 15 is 0 Å². The van der Waals surface area contributed by atoms with Crippen LogP contribution in [-0.2, 0) is 0 Å². The summed E-state index contributed by atoms with van der Waals surface area (Å²) >= 11 is 0. The topological polar surface area (TPSA) is 0 Å². The van der Waals surface area contributed by atoms with Crippen molar-refractivity contribution in [2.75, 3.05) is 0 Å². The Morgan fingerprint density at radius 2 is 2.00 bits per heavy atom. The predicted molar refractivity (Wildman–Crippen MR) is 40.0 cm³/mol. The zero-order valence-electron chi connectivity index (χ0n) is 6.23. The lowest BCUT2D eigenvalue weighted by molar-refractivity contribution is 0.340. The first-order valence-electron chi connectivity index (χ1n) is 3.86. The lowest BCUT2D eigenvalue weighted by Gasteiger charge is -2.12. The van der Waals surface area contributed by atoms with Gasteiger partial charge < -0.3 is 0 Å². The monoisotopic (exact) mass is 128 g/mol. The van der Waals surface area contributed by atoms with E-state index in [1.54, 1.807) is 0 Å². The minimum absolute atomic E-state index is 0.366. The Labute approximate surface area is 56.9 Å². The van der Waals surface area contributed by atoms with Crippen molar-refractivity contribution in [1.29, 1.82) is 0 Å². The molecule has 0 amide bonds. The third kappa shape index (κ3) is 1.47. The second-order valence-electron chi connectivity index (χ2n) is 3.35. The highest BCUT2D eigenvalue weighted by Crippen LogP contribution is 2.35. The Bertz CT molecular complexity index is 92.9. The fraction of sp³-hybridized carbons (Fsp3) is 1.00. The van der Waals surface area contributed by atoms with Crippen LogP contribution in [0.2, 0.25) is 19.5 Å². The van der Waals surface area contributed by atoms with E-state index in [0.29, 0.717) is 12.5 Å². The molecule has 0 aromatic rings. The first-order valence-corrected chi connectivity index (χ1v) is 3.86. The van der Waals surface area contributed by atoms with Crippen LogP contribution in [0, 0.1) is 0 Å². The van der Waals surface area contributed by atoms with Gasteiger partial charge in [0.2, 0.25) is 0 Å². The second-order valence-corrected chi connectivity index (χ2v) is 3.35. The highest BCUT2D eigenvalue weighted by Gasteiger charge is 2.30. The van der Waals surface area contributed by atoms with Crippen molar-refractivity contribution in [1.82, 2.24) is 0 Å². The van der Waals surface area contributed by atoms with Gasteiger partial charge in [-0.1, -0.05) is 26.5 Å². The van der Waals surface area contributed by atoms with Crippen LogP contribution in [0.25, 0.3) is 0 Å². The number of alkyl halides is 1. The number of hydrogen-bond acceptors (Lipinski definition) is 0. The van der Waals surface area contributed by atoms with E-state index in [4.69, 9.17) is 0 Å². The molecule has 1 fully saturated rings. The van der Waals surface area contributed by atoms with Gasteiger partial charge in [-0.05, 0) is 12.2 Å². The molecule has 0 N–H and O–H groups in total. The Hall–Kier alpha value is -0.00506. The number of rotatable bonds is 1. The first kappa shape index (κ1) is 7.11. The van der Waals surface area contributed by atoms with Crippen molar-refractivity contribution in [3.05, 3.63) is 0 Å². The molecule has 1 rings (SSSR count). The predicted octanol–water partition coefficient (Wildman–Crippen LogP) is 2.63. The summed E-state index contributed by atoms with van der Waals surface area (Å²) in [5.74, 6) is 0.366. The van der Waals surface area contributed by atoms with Crippen LogP contribution in [0.4, 0.5) is 4.39 Å². The van der Waals surface area contributed by atoms with E-state index in [1.165, 1.54) is 0 Å². The highest BCUT2D eigenvalue weighted by molar-refractivity contribution is 6.57. The average Bonchev–Trinajstić information content (AvgIpc) is 2.13. The Morgan fingerprint density at radius 1 is 1.33 bits per heavy atom. The van der Waals surface area contributed by atoms with Gasteiger partial charge >= 0.3 is 0 Å². The smallest absolute Gasteiger partial charge is 0.140 e. The molecule has 0 radical (unpaired) electrons. The van der Waals surface area contributed by atoms with E-state index < -0.39 is 6.17 Å². The highest BCUT2D eigenvalue weighted by atomic mass is 19.1. The molecule has 1 aliphatic carbocycles. The normalized spacial score (nSPS) is 35.0. The van der Waals surface area contributed by atoms with Crippen LogP contribution >= 0.6 is 0 Å². The molecule has 0 bridgehead atoms. The molecule has 9 heavy (non-hydrogen) atoms. The largest absolute Gasteiger partial charge is 0.248 e. The fourth-order valence-electron chi connectivity index (χ4n) is 1.69.